The first-order chi connectivity index (χ1) is 16.4. The number of anilines is 2. The number of unbranched alkanes of at least 4 members (excludes halogenated alkanes) is 3. The van der Waals surface area contributed by atoms with Crippen LogP contribution in [0.1, 0.15) is 32.6 Å². The number of piperidine rings is 1. The molecule has 34 heavy (non-hydrogen) atoms. The molecule has 0 bridgehead atoms. The molecule has 10 heteroatoms. The fraction of sp³-hybridized carbons (Fsp3) is 0.542. The summed E-state index contributed by atoms with van der Waals surface area (Å²) in [7, 11) is 0. The van der Waals surface area contributed by atoms with Crippen LogP contribution in [0.4, 0.5) is 11.4 Å². The number of hydrogen-bond acceptors (Lipinski definition) is 9. The Balaban J connectivity index is 1.45. The summed E-state index contributed by atoms with van der Waals surface area (Å²) in [6, 6.07) is 6.87. The molecule has 2 aromatic rings. The molecular weight excluding hydrogens is 438 g/mol. The highest BCUT2D eigenvalue weighted by Crippen LogP contribution is 2.25. The van der Waals surface area contributed by atoms with Crippen LogP contribution in [-0.4, -0.2) is 91.8 Å². The Morgan fingerprint density at radius 2 is 1.74 bits per heavy atom. The Kier molecular flexibility index (Phi) is 9.73. The molecular formula is C24H35N5O5. The molecule has 10 nitrogen and oxygen atoms in total. The quantitative estimate of drug-likeness (QED) is 0.261. The second-order valence-electron chi connectivity index (χ2n) is 8.69. The molecule has 0 spiro atoms. The number of aliphatic hydroxyl groups excluding tert-OH is 4. The lowest BCUT2D eigenvalue weighted by atomic mass is 9.94. The Morgan fingerprint density at radius 1 is 1.03 bits per heavy atom. The number of nitrogens with zero attached hydrogens (tertiary/aromatic N) is 3. The van der Waals surface area contributed by atoms with Gasteiger partial charge in [0.1, 0.15) is 12.2 Å². The number of carbonyl (C=O) groups is 1. The van der Waals surface area contributed by atoms with Crippen molar-refractivity contribution in [1.29, 1.82) is 0 Å². The molecule has 3 rings (SSSR count). The van der Waals surface area contributed by atoms with E-state index >= 15 is 0 Å². The Labute approximate surface area is 199 Å². The predicted molar refractivity (Wildman–Crippen MR) is 129 cm³/mol. The smallest absolute Gasteiger partial charge is 0.221 e. The molecule has 1 saturated heterocycles. The van der Waals surface area contributed by atoms with Gasteiger partial charge in [-0.1, -0.05) is 12.8 Å². The van der Waals surface area contributed by atoms with Crippen molar-refractivity contribution < 1.29 is 25.2 Å². The number of hydrogen-bond donors (Lipinski definition) is 6. The van der Waals surface area contributed by atoms with E-state index in [0.717, 1.165) is 43.5 Å². The number of aliphatic hydroxyl groups is 4. The Morgan fingerprint density at radius 3 is 2.44 bits per heavy atom. The molecule has 186 valence electrons. The van der Waals surface area contributed by atoms with Gasteiger partial charge in [0.15, 0.2) is 5.82 Å². The number of aromatic nitrogens is 2. The number of likely N-dealkylation sites (tertiary alicyclic amines) is 1. The lowest BCUT2D eigenvalue weighted by Crippen LogP contribution is -2.62. The highest BCUT2D eigenvalue weighted by Gasteiger charge is 2.40. The lowest BCUT2D eigenvalue weighted by Gasteiger charge is -2.43. The van der Waals surface area contributed by atoms with E-state index in [9.17, 15) is 25.2 Å². The predicted octanol–water partition coefficient (Wildman–Crippen LogP) is 0.834. The summed E-state index contributed by atoms with van der Waals surface area (Å²) in [4.78, 5) is 21.9. The van der Waals surface area contributed by atoms with Crippen molar-refractivity contribution in [3.8, 4) is 11.4 Å². The largest absolute Gasteiger partial charge is 0.395 e. The van der Waals surface area contributed by atoms with Gasteiger partial charge >= 0.3 is 0 Å². The van der Waals surface area contributed by atoms with Crippen LogP contribution >= 0.6 is 0 Å². The fourth-order valence-electron chi connectivity index (χ4n) is 4.24. The van der Waals surface area contributed by atoms with Crippen molar-refractivity contribution in [2.24, 2.45) is 0 Å². The molecule has 1 aromatic heterocycles. The van der Waals surface area contributed by atoms with Crippen LogP contribution in [0.2, 0.25) is 0 Å². The van der Waals surface area contributed by atoms with Gasteiger partial charge < -0.3 is 31.1 Å². The number of benzene rings is 1. The summed E-state index contributed by atoms with van der Waals surface area (Å²) in [5, 5.41) is 45.5. The molecule has 0 unspecified atom stereocenters. The summed E-state index contributed by atoms with van der Waals surface area (Å²) < 4.78 is 0. The number of amides is 1. The van der Waals surface area contributed by atoms with Gasteiger partial charge in [-0.25, -0.2) is 9.97 Å². The van der Waals surface area contributed by atoms with Crippen LogP contribution < -0.4 is 10.6 Å². The molecule has 0 saturated carbocycles. The zero-order valence-electron chi connectivity index (χ0n) is 19.5. The maximum absolute atomic E-state index is 11.5. The first-order valence-corrected chi connectivity index (χ1v) is 11.7. The molecule has 0 aliphatic carbocycles. The highest BCUT2D eigenvalue weighted by molar-refractivity contribution is 5.90. The minimum absolute atomic E-state index is 0.149. The molecule has 1 fully saturated rings. The van der Waals surface area contributed by atoms with E-state index in [1.807, 2.05) is 23.1 Å². The van der Waals surface area contributed by atoms with E-state index in [-0.39, 0.29) is 19.1 Å². The topological polar surface area (TPSA) is 151 Å². The fourth-order valence-corrected chi connectivity index (χ4v) is 4.24. The third-order valence-corrected chi connectivity index (χ3v) is 5.99. The minimum Gasteiger partial charge on any atom is -0.395 e. The van der Waals surface area contributed by atoms with Crippen molar-refractivity contribution in [1.82, 2.24) is 14.9 Å². The van der Waals surface area contributed by atoms with E-state index in [4.69, 9.17) is 0 Å². The van der Waals surface area contributed by atoms with Gasteiger partial charge in [-0.3, -0.25) is 9.69 Å². The maximum Gasteiger partial charge on any atom is 0.221 e. The molecule has 4 atom stereocenters. The van der Waals surface area contributed by atoms with Gasteiger partial charge in [-0.05, 0) is 43.7 Å². The van der Waals surface area contributed by atoms with E-state index in [1.165, 1.54) is 6.92 Å². The van der Waals surface area contributed by atoms with Gasteiger partial charge in [0.05, 0.1) is 18.8 Å². The zero-order chi connectivity index (χ0) is 24.5. The summed E-state index contributed by atoms with van der Waals surface area (Å²) >= 11 is 0. The summed E-state index contributed by atoms with van der Waals surface area (Å²) in [5.41, 5.74) is 2.35. The van der Waals surface area contributed by atoms with Crippen molar-refractivity contribution >= 4 is 17.3 Å². The van der Waals surface area contributed by atoms with E-state index in [2.05, 4.69) is 20.6 Å². The first kappa shape index (κ1) is 26.0. The SMILES string of the molecule is CC(=O)Nc1cc(NCCCCCCN2C[C@H](O)[C@@H](O)[C@H](O)[C@H]2CO)cc(-c2ncccn2)c1. The number of nitrogens with one attached hydrogen (secondary N) is 2. The molecule has 1 aromatic carbocycles. The normalized spacial score (nSPS) is 23.0. The molecule has 1 aliphatic heterocycles. The van der Waals surface area contributed by atoms with Crippen LogP contribution in [0.25, 0.3) is 11.4 Å². The Bertz CT molecular complexity index is 916. The van der Waals surface area contributed by atoms with Gasteiger partial charge in [0.2, 0.25) is 5.91 Å². The lowest BCUT2D eigenvalue weighted by molar-refractivity contribution is -0.145. The third-order valence-electron chi connectivity index (χ3n) is 5.99. The van der Waals surface area contributed by atoms with Crippen LogP contribution in [0, 0.1) is 0 Å². The monoisotopic (exact) mass is 473 g/mol. The first-order valence-electron chi connectivity index (χ1n) is 11.7. The summed E-state index contributed by atoms with van der Waals surface area (Å²) in [5.74, 6) is 0.433. The standard InChI is InChI=1S/C24H35N5O5/c1-16(31)28-19-12-17(24-26-8-6-9-27-24)11-18(13-19)25-7-4-2-3-5-10-29-14-21(32)23(34)22(33)20(29)15-30/h6,8-9,11-13,20-23,25,30,32-34H,2-5,7,10,14-15H2,1H3,(H,28,31)/t20-,21+,22-,23-/m1/s1. The molecule has 6 N–H and O–H groups in total. The Hall–Kier alpha value is -2.63. The number of carbonyl (C=O) groups excluding carboxylic acids is 1. The highest BCUT2D eigenvalue weighted by atomic mass is 16.4. The van der Waals surface area contributed by atoms with E-state index in [0.29, 0.717) is 18.1 Å². The van der Waals surface area contributed by atoms with E-state index in [1.54, 1.807) is 18.5 Å². The van der Waals surface area contributed by atoms with Gasteiger partial charge in [-0.2, -0.15) is 0 Å². The number of rotatable bonds is 11. The van der Waals surface area contributed by atoms with Gasteiger partial charge in [0, 0.05) is 49.3 Å². The molecule has 1 aliphatic rings. The average molecular weight is 474 g/mol. The second-order valence-corrected chi connectivity index (χ2v) is 8.69. The summed E-state index contributed by atoms with van der Waals surface area (Å²) in [6.07, 6.45) is 3.71. The molecule has 1 amide bonds. The van der Waals surface area contributed by atoms with Crippen molar-refractivity contribution in [3.05, 3.63) is 36.7 Å². The van der Waals surface area contributed by atoms with E-state index < -0.39 is 24.4 Å². The van der Waals surface area contributed by atoms with Crippen LogP contribution in [-0.2, 0) is 4.79 Å². The zero-order valence-corrected chi connectivity index (χ0v) is 19.5. The van der Waals surface area contributed by atoms with Crippen molar-refractivity contribution in [2.75, 3.05) is 36.9 Å². The number of β-amino-alcohol motifs (C(OH)–C–C–N with tert-alkyl or cyclic N) is 1. The molecule has 0 radical (unpaired) electrons. The average Bonchev–Trinajstić information content (AvgIpc) is 2.82. The van der Waals surface area contributed by atoms with Crippen LogP contribution in [0.3, 0.4) is 0 Å². The van der Waals surface area contributed by atoms with Gasteiger partial charge in [0.25, 0.3) is 0 Å². The van der Waals surface area contributed by atoms with Crippen molar-refractivity contribution in [2.45, 2.75) is 57.0 Å². The molecule has 2 heterocycles. The van der Waals surface area contributed by atoms with Crippen LogP contribution in [0.15, 0.2) is 36.7 Å². The van der Waals surface area contributed by atoms with Gasteiger partial charge in [-0.15, -0.1) is 0 Å². The van der Waals surface area contributed by atoms with Crippen molar-refractivity contribution in [3.63, 3.8) is 0 Å². The summed E-state index contributed by atoms with van der Waals surface area (Å²) in [6.45, 7) is 2.84. The maximum atomic E-state index is 11.5. The van der Waals surface area contributed by atoms with Crippen LogP contribution in [0.5, 0.6) is 0 Å². The third kappa shape index (κ3) is 7.18. The minimum atomic E-state index is -1.22. The second kappa shape index (κ2) is 12.7.